The van der Waals surface area contributed by atoms with Gasteiger partial charge in [0.15, 0.2) is 8.46 Å². The summed E-state index contributed by atoms with van der Waals surface area (Å²) in [6.07, 6.45) is 7.48. The van der Waals surface area contributed by atoms with E-state index in [-0.39, 0.29) is 8.46 Å². The molecule has 0 fully saturated rings. The Balaban J connectivity index is 2.38. The highest BCUT2D eigenvalue weighted by molar-refractivity contribution is 7.34. The Labute approximate surface area is 86.7 Å². The first-order valence-corrected chi connectivity index (χ1v) is 6.17. The number of aryl methyl sites for hydroxylation is 1. The summed E-state index contributed by atoms with van der Waals surface area (Å²) in [5, 5.41) is 1.00. The fourth-order valence-corrected chi connectivity index (χ4v) is 2.71. The lowest BCUT2D eigenvalue weighted by molar-refractivity contribution is 0.601. The van der Waals surface area contributed by atoms with E-state index in [1.165, 1.54) is 43.2 Å². The second-order valence-electron chi connectivity index (χ2n) is 3.92. The summed E-state index contributed by atoms with van der Waals surface area (Å²) < 4.78 is 11.0. The third-order valence-corrected chi connectivity index (χ3v) is 3.59. The molecule has 1 aromatic carbocycles. The van der Waals surface area contributed by atoms with Crippen molar-refractivity contribution in [3.8, 4) is 0 Å². The monoisotopic (exact) mass is 206 g/mol. The van der Waals surface area contributed by atoms with Crippen LogP contribution >= 0.6 is 8.46 Å². The zero-order valence-corrected chi connectivity index (χ0v) is 9.22. The fraction of sp³-hybridized carbons (Fsp3) is 0.500. The Morgan fingerprint density at radius 3 is 2.57 bits per heavy atom. The van der Waals surface area contributed by atoms with Gasteiger partial charge in [0.05, 0.1) is 0 Å². The average molecular weight is 206 g/mol. The minimum Gasteiger partial charge on any atom is -0.269 e. The van der Waals surface area contributed by atoms with Gasteiger partial charge in [-0.1, -0.05) is 25.0 Å². The van der Waals surface area contributed by atoms with Crippen LogP contribution in [-0.2, 0) is 17.4 Å². The maximum Gasteiger partial charge on any atom is 0.192 e. The van der Waals surface area contributed by atoms with Gasteiger partial charge in [-0.2, -0.15) is 0 Å². The predicted octanol–water partition coefficient (Wildman–Crippen LogP) is 3.26. The van der Waals surface area contributed by atoms with Crippen LogP contribution in [-0.4, -0.2) is 0 Å². The van der Waals surface area contributed by atoms with Gasteiger partial charge in [0, 0.05) is 5.30 Å². The fourth-order valence-electron chi connectivity index (χ4n) is 2.20. The molecule has 14 heavy (non-hydrogen) atoms. The molecule has 0 amide bonds. The van der Waals surface area contributed by atoms with Crippen LogP contribution in [0.4, 0.5) is 0 Å². The molecule has 2 heteroatoms. The summed E-state index contributed by atoms with van der Waals surface area (Å²) >= 11 is 0. The number of fused-ring (bicyclic) bond motifs is 1. The maximum absolute atomic E-state index is 11.0. The third-order valence-electron chi connectivity index (χ3n) is 2.97. The van der Waals surface area contributed by atoms with Gasteiger partial charge in [-0.3, -0.25) is 4.57 Å². The van der Waals surface area contributed by atoms with Crippen LogP contribution in [0.15, 0.2) is 18.2 Å². The largest absolute Gasteiger partial charge is 0.269 e. The summed E-state index contributed by atoms with van der Waals surface area (Å²) in [7, 11) is 0.182. The van der Waals surface area contributed by atoms with Crippen molar-refractivity contribution >= 4 is 13.8 Å². The number of benzene rings is 1. The lowest BCUT2D eigenvalue weighted by Crippen LogP contribution is -2.09. The van der Waals surface area contributed by atoms with Crippen LogP contribution in [0.25, 0.3) is 0 Å². The minimum atomic E-state index is 0.182. The second kappa shape index (κ2) is 4.70. The lowest BCUT2D eigenvalue weighted by Gasteiger charge is -2.14. The first kappa shape index (κ1) is 9.86. The summed E-state index contributed by atoms with van der Waals surface area (Å²) in [5.74, 6) is 0. The molecule has 0 N–H and O–H groups in total. The van der Waals surface area contributed by atoms with Gasteiger partial charge >= 0.3 is 0 Å². The van der Waals surface area contributed by atoms with Gasteiger partial charge in [0.1, 0.15) is 0 Å². The Morgan fingerprint density at radius 1 is 1.00 bits per heavy atom. The Morgan fingerprint density at radius 2 is 1.79 bits per heavy atom. The van der Waals surface area contributed by atoms with Crippen molar-refractivity contribution in [2.75, 3.05) is 0 Å². The van der Waals surface area contributed by atoms with Gasteiger partial charge in [0.2, 0.25) is 0 Å². The quantitative estimate of drug-likeness (QED) is 0.644. The van der Waals surface area contributed by atoms with E-state index in [1.807, 2.05) is 12.1 Å². The van der Waals surface area contributed by atoms with Crippen LogP contribution in [0, 0.1) is 0 Å². The number of hydrogen-bond acceptors (Lipinski definition) is 1. The lowest BCUT2D eigenvalue weighted by atomic mass is 9.93. The van der Waals surface area contributed by atoms with Gasteiger partial charge in [-0.05, 0) is 42.9 Å². The topological polar surface area (TPSA) is 17.1 Å². The van der Waals surface area contributed by atoms with Crippen LogP contribution in [0.3, 0.4) is 0 Å². The molecule has 2 rings (SSSR count). The molecule has 0 saturated heterocycles. The molecule has 0 atom stereocenters. The molecule has 0 radical (unpaired) electrons. The molecule has 1 aliphatic carbocycles. The predicted molar refractivity (Wildman–Crippen MR) is 59.6 cm³/mol. The van der Waals surface area contributed by atoms with E-state index in [9.17, 15) is 4.57 Å². The van der Waals surface area contributed by atoms with Gasteiger partial charge < -0.3 is 0 Å². The highest BCUT2D eigenvalue weighted by atomic mass is 31.1. The van der Waals surface area contributed by atoms with Crippen molar-refractivity contribution in [3.63, 3.8) is 0 Å². The van der Waals surface area contributed by atoms with E-state index < -0.39 is 0 Å². The molecule has 0 aliphatic heterocycles. The minimum absolute atomic E-state index is 0.182. The van der Waals surface area contributed by atoms with Gasteiger partial charge in [0.25, 0.3) is 0 Å². The van der Waals surface area contributed by atoms with Crippen LogP contribution < -0.4 is 5.30 Å². The van der Waals surface area contributed by atoms with Crippen molar-refractivity contribution in [2.24, 2.45) is 0 Å². The molecule has 0 aromatic heterocycles. The Hall–Kier alpha value is -0.680. The SMILES string of the molecule is O=Pc1cccc2c1CCCCCC2. The molecule has 0 saturated carbocycles. The molecule has 0 spiro atoms. The molecule has 0 unspecified atom stereocenters. The van der Waals surface area contributed by atoms with Crippen LogP contribution in [0.2, 0.25) is 0 Å². The molecular formula is C12H15OP. The number of hydrogen-bond donors (Lipinski definition) is 0. The van der Waals surface area contributed by atoms with E-state index in [1.54, 1.807) is 0 Å². The Kier molecular flexibility index (Phi) is 3.31. The molecule has 0 heterocycles. The summed E-state index contributed by atoms with van der Waals surface area (Å²) in [6, 6.07) is 6.20. The van der Waals surface area contributed by atoms with Crippen LogP contribution in [0.1, 0.15) is 36.8 Å². The van der Waals surface area contributed by atoms with E-state index in [0.29, 0.717) is 0 Å². The second-order valence-corrected chi connectivity index (χ2v) is 4.58. The average Bonchev–Trinajstić information content (AvgIpc) is 2.18. The highest BCUT2D eigenvalue weighted by Gasteiger charge is 2.10. The molecule has 1 aliphatic rings. The molecular weight excluding hydrogens is 191 g/mol. The van der Waals surface area contributed by atoms with Crippen LogP contribution in [0.5, 0.6) is 0 Å². The van der Waals surface area contributed by atoms with Crippen molar-refractivity contribution in [2.45, 2.75) is 38.5 Å². The molecule has 74 valence electrons. The van der Waals surface area contributed by atoms with E-state index in [4.69, 9.17) is 0 Å². The maximum atomic E-state index is 11.0. The zero-order chi connectivity index (χ0) is 9.80. The van der Waals surface area contributed by atoms with Crippen molar-refractivity contribution in [1.29, 1.82) is 0 Å². The Bertz CT molecular complexity index is 333. The van der Waals surface area contributed by atoms with Crippen molar-refractivity contribution < 1.29 is 4.57 Å². The van der Waals surface area contributed by atoms with Crippen molar-refractivity contribution in [1.82, 2.24) is 0 Å². The van der Waals surface area contributed by atoms with Crippen molar-refractivity contribution in [3.05, 3.63) is 29.3 Å². The molecule has 0 bridgehead atoms. The first-order valence-electron chi connectivity index (χ1n) is 5.36. The normalized spacial score (nSPS) is 17.1. The smallest absolute Gasteiger partial charge is 0.192 e. The summed E-state index contributed by atoms with van der Waals surface area (Å²) in [4.78, 5) is 0. The first-order chi connectivity index (χ1) is 6.92. The van der Waals surface area contributed by atoms with Gasteiger partial charge in [-0.25, -0.2) is 0 Å². The number of rotatable bonds is 1. The van der Waals surface area contributed by atoms with E-state index >= 15 is 0 Å². The van der Waals surface area contributed by atoms with Gasteiger partial charge in [-0.15, -0.1) is 0 Å². The molecule has 1 nitrogen and oxygen atoms in total. The highest BCUT2D eigenvalue weighted by Crippen LogP contribution is 2.20. The zero-order valence-electron chi connectivity index (χ0n) is 8.33. The standard InChI is InChI=1S/C12H15OP/c13-14-12-9-5-7-10-6-3-1-2-4-8-11(10)12/h5,7,9H,1-4,6,8H2. The summed E-state index contributed by atoms with van der Waals surface area (Å²) in [5.41, 5.74) is 2.77. The third kappa shape index (κ3) is 2.04. The van der Waals surface area contributed by atoms with E-state index in [0.717, 1.165) is 11.7 Å². The summed E-state index contributed by atoms with van der Waals surface area (Å²) in [6.45, 7) is 0. The molecule has 1 aromatic rings. The van der Waals surface area contributed by atoms with E-state index in [2.05, 4.69) is 6.07 Å².